The molecule has 2 rings (SSSR count). The normalized spacial score (nSPS) is 12.9. The zero-order valence-corrected chi connectivity index (χ0v) is 24.2. The van der Waals surface area contributed by atoms with Crippen LogP contribution < -0.4 is 14.4 Å². The van der Waals surface area contributed by atoms with Crippen LogP contribution in [0.3, 0.4) is 0 Å². The minimum Gasteiger partial charge on any atom is -0.497 e. The Bertz CT molecular complexity index is 1180. The van der Waals surface area contributed by atoms with Crippen LogP contribution in [0.5, 0.6) is 5.75 Å². The van der Waals surface area contributed by atoms with Gasteiger partial charge in [0.2, 0.25) is 21.8 Å². The lowest BCUT2D eigenvalue weighted by molar-refractivity contribution is -0.140. The maximum Gasteiger partial charge on any atom is 0.242 e. The van der Waals surface area contributed by atoms with Gasteiger partial charge in [-0.25, -0.2) is 8.42 Å². The summed E-state index contributed by atoms with van der Waals surface area (Å²) in [5, 5.41) is 3.67. The van der Waals surface area contributed by atoms with Gasteiger partial charge in [0.25, 0.3) is 0 Å². The number of hydrogen-bond donors (Lipinski definition) is 1. The highest BCUT2D eigenvalue weighted by atomic mass is 35.5. The Labute approximate surface area is 229 Å². The number of methoxy groups -OCH3 is 1. The lowest BCUT2D eigenvalue weighted by Crippen LogP contribution is -2.49. The summed E-state index contributed by atoms with van der Waals surface area (Å²) in [5.41, 5.74) is 1.20. The zero-order chi connectivity index (χ0) is 27.8. The van der Waals surface area contributed by atoms with Gasteiger partial charge in [0.05, 0.1) is 29.1 Å². The number of nitrogens with zero attached hydrogens (tertiary/aromatic N) is 2. The van der Waals surface area contributed by atoms with Gasteiger partial charge < -0.3 is 15.0 Å². The fourth-order valence-corrected chi connectivity index (χ4v) is 4.92. The van der Waals surface area contributed by atoms with E-state index in [-0.39, 0.29) is 43.8 Å². The van der Waals surface area contributed by atoms with E-state index >= 15 is 0 Å². The average molecular weight is 573 g/mol. The van der Waals surface area contributed by atoms with Crippen molar-refractivity contribution in [2.24, 2.45) is 0 Å². The topological polar surface area (TPSA) is 96.0 Å². The summed E-state index contributed by atoms with van der Waals surface area (Å²) in [7, 11) is -2.05. The molecule has 2 amide bonds. The van der Waals surface area contributed by atoms with E-state index in [2.05, 4.69) is 5.32 Å². The first-order chi connectivity index (χ1) is 17.4. The van der Waals surface area contributed by atoms with Crippen LogP contribution in [0.4, 0.5) is 5.69 Å². The standard InChI is InChI=1S/C26H35Cl2N3O5S/c1-6-18(2)29-26(33)19(3)30(17-20-9-14-23(27)24(28)16-20)25(32)8-7-15-31(37(5,34)35)21-10-12-22(36-4)13-11-21/h9-14,16,18-19H,6-8,15,17H2,1-5H3,(H,29,33)/t18-,19-/m0/s1. The molecule has 0 heterocycles. The number of halogens is 2. The van der Waals surface area contributed by atoms with Crippen LogP contribution in [-0.4, -0.2) is 57.1 Å². The van der Waals surface area contributed by atoms with Crippen molar-refractivity contribution in [3.63, 3.8) is 0 Å². The van der Waals surface area contributed by atoms with E-state index in [1.165, 1.54) is 16.3 Å². The van der Waals surface area contributed by atoms with E-state index in [0.717, 1.165) is 18.2 Å². The molecule has 2 aromatic carbocycles. The van der Waals surface area contributed by atoms with Crippen LogP contribution in [0.25, 0.3) is 0 Å². The van der Waals surface area contributed by atoms with E-state index < -0.39 is 16.1 Å². The van der Waals surface area contributed by atoms with Crippen molar-refractivity contribution in [1.29, 1.82) is 0 Å². The number of ether oxygens (including phenoxy) is 1. The molecule has 0 bridgehead atoms. The largest absolute Gasteiger partial charge is 0.497 e. The number of sulfonamides is 1. The molecule has 0 aliphatic heterocycles. The van der Waals surface area contributed by atoms with Crippen LogP contribution in [-0.2, 0) is 26.2 Å². The minimum atomic E-state index is -3.58. The van der Waals surface area contributed by atoms with Crippen molar-refractivity contribution in [3.8, 4) is 5.75 Å². The molecule has 2 aromatic rings. The molecule has 1 N–H and O–H groups in total. The number of nitrogens with one attached hydrogen (secondary N) is 1. The van der Waals surface area contributed by atoms with Crippen molar-refractivity contribution >= 4 is 50.7 Å². The summed E-state index contributed by atoms with van der Waals surface area (Å²) in [6.45, 7) is 5.79. The second kappa shape index (κ2) is 13.9. The second-order valence-electron chi connectivity index (χ2n) is 8.90. The molecule has 0 radical (unpaired) electrons. The molecule has 0 fully saturated rings. The quantitative estimate of drug-likeness (QED) is 0.369. The molecule has 0 saturated heterocycles. The first kappa shape index (κ1) is 30.7. The highest BCUT2D eigenvalue weighted by Crippen LogP contribution is 2.25. The third-order valence-electron chi connectivity index (χ3n) is 6.02. The maximum atomic E-state index is 13.4. The molecule has 204 valence electrons. The maximum absolute atomic E-state index is 13.4. The van der Waals surface area contributed by atoms with Crippen LogP contribution in [0.2, 0.25) is 10.0 Å². The molecular formula is C26H35Cl2N3O5S. The monoisotopic (exact) mass is 571 g/mol. The van der Waals surface area contributed by atoms with E-state index in [1.54, 1.807) is 49.4 Å². The number of anilines is 1. The zero-order valence-electron chi connectivity index (χ0n) is 21.8. The molecule has 11 heteroatoms. The Balaban J connectivity index is 2.19. The number of benzene rings is 2. The Morgan fingerprint density at radius 1 is 1.05 bits per heavy atom. The van der Waals surface area contributed by atoms with Gasteiger partial charge in [-0.1, -0.05) is 36.2 Å². The molecular weight excluding hydrogens is 537 g/mol. The molecule has 2 atom stereocenters. The third kappa shape index (κ3) is 9.09. The van der Waals surface area contributed by atoms with Crippen LogP contribution >= 0.6 is 23.2 Å². The van der Waals surface area contributed by atoms with Crippen molar-refractivity contribution in [3.05, 3.63) is 58.1 Å². The minimum absolute atomic E-state index is 0.0373. The predicted octanol–water partition coefficient (Wildman–Crippen LogP) is 4.88. The number of hydrogen-bond acceptors (Lipinski definition) is 5. The SMILES string of the molecule is CC[C@H](C)NC(=O)[C@H](C)N(Cc1ccc(Cl)c(Cl)c1)C(=O)CCCN(c1ccc(OC)cc1)S(C)(=O)=O. The van der Waals surface area contributed by atoms with Gasteiger partial charge in [0, 0.05) is 25.6 Å². The molecule has 0 aliphatic rings. The Morgan fingerprint density at radius 3 is 2.24 bits per heavy atom. The van der Waals surface area contributed by atoms with Crippen LogP contribution in [0.1, 0.15) is 45.6 Å². The van der Waals surface area contributed by atoms with Gasteiger partial charge in [-0.15, -0.1) is 0 Å². The Kier molecular flexibility index (Phi) is 11.5. The molecule has 0 spiro atoms. The van der Waals surface area contributed by atoms with Gasteiger partial charge in [-0.05, 0) is 68.7 Å². The van der Waals surface area contributed by atoms with Crippen molar-refractivity contribution < 1.29 is 22.7 Å². The lowest BCUT2D eigenvalue weighted by Gasteiger charge is -2.30. The number of amides is 2. The average Bonchev–Trinajstić information content (AvgIpc) is 2.85. The summed E-state index contributed by atoms with van der Waals surface area (Å²) in [5.74, 6) is 0.0646. The number of carbonyl (C=O) groups excluding carboxylic acids is 2. The first-order valence-electron chi connectivity index (χ1n) is 12.0. The second-order valence-corrected chi connectivity index (χ2v) is 11.6. The molecule has 0 unspecified atom stereocenters. The molecule has 8 nitrogen and oxygen atoms in total. The fourth-order valence-electron chi connectivity index (χ4n) is 3.64. The summed E-state index contributed by atoms with van der Waals surface area (Å²) < 4.78 is 31.3. The molecule has 0 aliphatic carbocycles. The van der Waals surface area contributed by atoms with Crippen molar-refractivity contribution in [2.45, 2.75) is 58.7 Å². The van der Waals surface area contributed by atoms with Crippen molar-refractivity contribution in [1.82, 2.24) is 10.2 Å². The summed E-state index contributed by atoms with van der Waals surface area (Å²) in [6.07, 6.45) is 2.18. The van der Waals surface area contributed by atoms with Gasteiger partial charge in [-0.3, -0.25) is 13.9 Å². The van der Waals surface area contributed by atoms with Gasteiger partial charge in [-0.2, -0.15) is 0 Å². The molecule has 0 saturated carbocycles. The van der Waals surface area contributed by atoms with E-state index in [0.29, 0.717) is 21.5 Å². The highest BCUT2D eigenvalue weighted by molar-refractivity contribution is 7.92. The predicted molar refractivity (Wildman–Crippen MR) is 149 cm³/mol. The number of carbonyl (C=O) groups is 2. The summed E-state index contributed by atoms with van der Waals surface area (Å²) in [6, 6.07) is 10.9. The first-order valence-corrected chi connectivity index (χ1v) is 14.6. The van der Waals surface area contributed by atoms with E-state index in [9.17, 15) is 18.0 Å². The smallest absolute Gasteiger partial charge is 0.242 e. The van der Waals surface area contributed by atoms with E-state index in [4.69, 9.17) is 27.9 Å². The van der Waals surface area contributed by atoms with Gasteiger partial charge in [0.15, 0.2) is 0 Å². The molecule has 37 heavy (non-hydrogen) atoms. The summed E-state index contributed by atoms with van der Waals surface area (Å²) >= 11 is 12.2. The Morgan fingerprint density at radius 2 is 1.70 bits per heavy atom. The summed E-state index contributed by atoms with van der Waals surface area (Å²) in [4.78, 5) is 27.7. The van der Waals surface area contributed by atoms with Gasteiger partial charge >= 0.3 is 0 Å². The van der Waals surface area contributed by atoms with Gasteiger partial charge in [0.1, 0.15) is 11.8 Å². The fraction of sp³-hybridized carbons (Fsp3) is 0.462. The lowest BCUT2D eigenvalue weighted by atomic mass is 10.1. The Hall–Kier alpha value is -2.49. The third-order valence-corrected chi connectivity index (χ3v) is 7.95. The van der Waals surface area contributed by atoms with Crippen LogP contribution in [0.15, 0.2) is 42.5 Å². The van der Waals surface area contributed by atoms with E-state index in [1.807, 2.05) is 13.8 Å². The van der Waals surface area contributed by atoms with Crippen LogP contribution in [0, 0.1) is 0 Å². The highest BCUT2D eigenvalue weighted by Gasteiger charge is 2.27. The number of rotatable bonds is 13. The molecule has 0 aromatic heterocycles. The van der Waals surface area contributed by atoms with Crippen molar-refractivity contribution in [2.75, 3.05) is 24.2 Å².